The molecular weight excluding hydrogens is 432 g/mol. The Kier molecular flexibility index (Phi) is 7.59. The first kappa shape index (κ1) is 21.6. The zero-order valence-corrected chi connectivity index (χ0v) is 17.6. The van der Waals surface area contributed by atoms with Crippen LogP contribution in [0.5, 0.6) is 0 Å². The molecule has 0 fully saturated rings. The first-order valence-corrected chi connectivity index (χ1v) is 12.1. The monoisotopic (exact) mass is 448 g/mol. The summed E-state index contributed by atoms with van der Waals surface area (Å²) in [7, 11) is -3.55. The molecule has 13 heteroatoms. The van der Waals surface area contributed by atoms with E-state index >= 15 is 0 Å². The van der Waals surface area contributed by atoms with Crippen molar-refractivity contribution in [3.8, 4) is 0 Å². The van der Waals surface area contributed by atoms with E-state index in [0.29, 0.717) is 15.2 Å². The number of benzene rings is 1. The lowest BCUT2D eigenvalue weighted by Crippen LogP contribution is -2.25. The fourth-order valence-electron chi connectivity index (χ4n) is 1.79. The molecule has 1 amide bonds. The third kappa shape index (κ3) is 6.45. The Bertz CT molecular complexity index is 945. The summed E-state index contributed by atoms with van der Waals surface area (Å²) in [6.07, 6.45) is 1.84. The highest BCUT2D eigenvalue weighted by atomic mass is 32.2. The Labute approximate surface area is 168 Å². The smallest absolute Gasteiger partial charge is 0.284 e. The summed E-state index contributed by atoms with van der Waals surface area (Å²) in [6.45, 7) is 2.58. The van der Waals surface area contributed by atoms with Gasteiger partial charge in [0.2, 0.25) is 5.91 Å². The summed E-state index contributed by atoms with van der Waals surface area (Å²) in [5.41, 5.74) is -0.314. The minimum absolute atomic E-state index is 0.0988. The van der Waals surface area contributed by atoms with E-state index in [2.05, 4.69) is 15.5 Å². The third-order valence-electron chi connectivity index (χ3n) is 3.04. The van der Waals surface area contributed by atoms with E-state index in [4.69, 9.17) is 0 Å². The second-order valence-electron chi connectivity index (χ2n) is 5.23. The zero-order chi connectivity index (χ0) is 20.0. The summed E-state index contributed by atoms with van der Waals surface area (Å²) in [6, 6.07) is 3.73. The maximum Gasteiger partial charge on any atom is 0.284 e. The highest BCUT2D eigenvalue weighted by Gasteiger charge is 2.21. The van der Waals surface area contributed by atoms with Gasteiger partial charge < -0.3 is 5.32 Å². The number of hydrogen-bond donors (Lipinski definition) is 1. The van der Waals surface area contributed by atoms with Crippen LogP contribution in [0.1, 0.15) is 13.3 Å². The minimum atomic E-state index is -3.55. The molecule has 27 heavy (non-hydrogen) atoms. The normalized spacial score (nSPS) is 11.3. The second-order valence-corrected chi connectivity index (χ2v) is 10.7. The van der Waals surface area contributed by atoms with Gasteiger partial charge in [0, 0.05) is 18.9 Å². The van der Waals surface area contributed by atoms with Gasteiger partial charge in [0.05, 0.1) is 20.5 Å². The van der Waals surface area contributed by atoms with Crippen LogP contribution < -0.4 is 5.32 Å². The number of hydrogen-bond acceptors (Lipinski definition) is 10. The Hall–Kier alpha value is -1.70. The van der Waals surface area contributed by atoms with Crippen LogP contribution in [0.15, 0.2) is 36.7 Å². The summed E-state index contributed by atoms with van der Waals surface area (Å²) in [5.74, 6) is 0.112. The first-order valence-electron chi connectivity index (χ1n) is 7.60. The molecular formula is C14H16N4O5S4. The van der Waals surface area contributed by atoms with Crippen LogP contribution in [0, 0.1) is 10.1 Å². The lowest BCUT2D eigenvalue weighted by molar-refractivity contribution is -0.388. The molecule has 0 unspecified atom stereocenters. The maximum absolute atomic E-state index is 11.6. The highest BCUT2D eigenvalue weighted by Crippen LogP contribution is 2.38. The molecule has 0 atom stereocenters. The van der Waals surface area contributed by atoms with Gasteiger partial charge in [0.15, 0.2) is 18.5 Å². The first-order chi connectivity index (χ1) is 12.7. The van der Waals surface area contributed by atoms with E-state index < -0.39 is 14.8 Å². The van der Waals surface area contributed by atoms with Gasteiger partial charge in [-0.15, -0.1) is 10.2 Å². The number of sulfone groups is 1. The number of rotatable bonds is 9. The molecule has 0 aliphatic heterocycles. The number of nitrogens with one attached hydrogen (secondary N) is 1. The van der Waals surface area contributed by atoms with Gasteiger partial charge in [0.25, 0.3) is 5.69 Å². The predicted molar refractivity (Wildman–Crippen MR) is 104 cm³/mol. The van der Waals surface area contributed by atoms with Crippen LogP contribution in [0.4, 0.5) is 5.69 Å². The van der Waals surface area contributed by atoms with Gasteiger partial charge in [-0.05, 0) is 18.6 Å². The fraction of sp³-hybridized carbons (Fsp3) is 0.357. The van der Waals surface area contributed by atoms with Crippen molar-refractivity contribution in [2.45, 2.75) is 31.8 Å². The van der Waals surface area contributed by atoms with Crippen LogP contribution in [-0.4, -0.2) is 48.0 Å². The molecule has 0 aliphatic carbocycles. The minimum Gasteiger partial charge on any atom is -0.355 e. The maximum atomic E-state index is 11.6. The van der Waals surface area contributed by atoms with Crippen LogP contribution in [0.25, 0.3) is 0 Å². The molecule has 1 aromatic carbocycles. The molecule has 0 radical (unpaired) electrons. The van der Waals surface area contributed by atoms with Gasteiger partial charge in [-0.3, -0.25) is 14.9 Å². The topological polar surface area (TPSA) is 132 Å². The molecule has 1 N–H and O–H groups in total. The van der Waals surface area contributed by atoms with E-state index in [1.807, 2.05) is 6.92 Å². The number of nitro benzene ring substituents is 1. The summed E-state index contributed by atoms with van der Waals surface area (Å²) in [5, 5.41) is 22.0. The molecule has 1 heterocycles. The van der Waals surface area contributed by atoms with E-state index in [1.165, 1.54) is 35.2 Å². The number of aromatic nitrogens is 2. The summed E-state index contributed by atoms with van der Waals surface area (Å²) < 4.78 is 24.2. The number of carbonyl (C=O) groups excluding carboxylic acids is 1. The average Bonchev–Trinajstić information content (AvgIpc) is 3.04. The van der Waals surface area contributed by atoms with Crippen molar-refractivity contribution in [1.29, 1.82) is 0 Å². The molecule has 9 nitrogen and oxygen atoms in total. The van der Waals surface area contributed by atoms with Crippen molar-refractivity contribution < 1.29 is 18.1 Å². The molecule has 0 saturated heterocycles. The lowest BCUT2D eigenvalue weighted by atomic mass is 10.3. The van der Waals surface area contributed by atoms with Crippen LogP contribution in [0.2, 0.25) is 0 Å². The lowest BCUT2D eigenvalue weighted by Gasteiger charge is -2.03. The van der Waals surface area contributed by atoms with Gasteiger partial charge >= 0.3 is 0 Å². The summed E-state index contributed by atoms with van der Waals surface area (Å²) >= 11 is 3.46. The van der Waals surface area contributed by atoms with Crippen molar-refractivity contribution in [3.05, 3.63) is 28.3 Å². The van der Waals surface area contributed by atoms with Gasteiger partial charge in [-0.25, -0.2) is 8.42 Å². The standard InChI is InChI=1S/C14H16N4O5S4/c1-3-6-15-12(19)8-24-13-16-17-14(26-13)25-11-5-4-9(27(2,22)23)7-10(11)18(20)21/h4-5,7H,3,6,8H2,1-2H3,(H,15,19). The molecule has 146 valence electrons. The van der Waals surface area contributed by atoms with Crippen LogP contribution in [0.3, 0.4) is 0 Å². The van der Waals surface area contributed by atoms with Gasteiger partial charge in [0.1, 0.15) is 0 Å². The van der Waals surface area contributed by atoms with Gasteiger partial charge in [-0.1, -0.05) is 41.8 Å². The number of nitrogens with zero attached hydrogens (tertiary/aromatic N) is 3. The molecule has 0 saturated carbocycles. The van der Waals surface area contributed by atoms with E-state index in [0.717, 1.165) is 30.5 Å². The molecule has 2 aromatic rings. The van der Waals surface area contributed by atoms with Crippen molar-refractivity contribution in [1.82, 2.24) is 15.5 Å². The Morgan fingerprint density at radius 3 is 2.67 bits per heavy atom. The number of nitro groups is 1. The zero-order valence-electron chi connectivity index (χ0n) is 14.4. The summed E-state index contributed by atoms with van der Waals surface area (Å²) in [4.78, 5) is 22.4. The largest absolute Gasteiger partial charge is 0.355 e. The number of carbonyl (C=O) groups is 1. The predicted octanol–water partition coefficient (Wildman–Crippen LogP) is 2.62. The average molecular weight is 449 g/mol. The van der Waals surface area contributed by atoms with Crippen LogP contribution in [-0.2, 0) is 14.6 Å². The SMILES string of the molecule is CCCNC(=O)CSc1nnc(Sc2ccc(S(C)(=O)=O)cc2[N+](=O)[O-])s1. The molecule has 0 aliphatic rings. The van der Waals surface area contributed by atoms with Crippen molar-refractivity contribution in [3.63, 3.8) is 0 Å². The highest BCUT2D eigenvalue weighted by molar-refractivity contribution is 8.03. The Morgan fingerprint density at radius 2 is 2.04 bits per heavy atom. The van der Waals surface area contributed by atoms with E-state index in [1.54, 1.807) is 0 Å². The molecule has 1 aromatic heterocycles. The van der Waals surface area contributed by atoms with Crippen molar-refractivity contribution >= 4 is 56.3 Å². The quantitative estimate of drug-likeness (QED) is 0.349. The molecule has 0 bridgehead atoms. The van der Waals surface area contributed by atoms with E-state index in [-0.39, 0.29) is 27.1 Å². The second kappa shape index (κ2) is 9.48. The third-order valence-corrected chi connectivity index (χ3v) is 7.32. The Balaban J connectivity index is 2.10. The van der Waals surface area contributed by atoms with E-state index in [9.17, 15) is 23.3 Å². The van der Waals surface area contributed by atoms with Crippen LogP contribution >= 0.6 is 34.9 Å². The Morgan fingerprint density at radius 1 is 1.33 bits per heavy atom. The van der Waals surface area contributed by atoms with Gasteiger partial charge in [-0.2, -0.15) is 0 Å². The molecule has 2 rings (SSSR count). The number of amides is 1. The molecule has 0 spiro atoms. The fourth-order valence-corrected chi connectivity index (χ4v) is 5.32. The number of thioether (sulfide) groups is 1. The van der Waals surface area contributed by atoms with Crippen molar-refractivity contribution in [2.24, 2.45) is 0 Å². The van der Waals surface area contributed by atoms with Crippen molar-refractivity contribution in [2.75, 3.05) is 18.6 Å².